The summed E-state index contributed by atoms with van der Waals surface area (Å²) in [6.07, 6.45) is 5.65. The van der Waals surface area contributed by atoms with Gasteiger partial charge in [0.1, 0.15) is 0 Å². The zero-order chi connectivity index (χ0) is 18.4. The maximum Gasteiger partial charge on any atom is 0.153 e. The lowest BCUT2D eigenvalue weighted by molar-refractivity contribution is 0.713. The molecule has 26 heavy (non-hydrogen) atoms. The van der Waals surface area contributed by atoms with Crippen molar-refractivity contribution >= 4 is 0 Å². The Bertz CT molecular complexity index is 869. The monoisotopic (exact) mass is 345 g/mol. The lowest BCUT2D eigenvalue weighted by atomic mass is 10.1. The SMILES string of the molecule is CC(C)c1ccn(C)n1.c1ccc(-c2ccn(-c3ccccn3)n2)cc1. The van der Waals surface area contributed by atoms with Crippen LogP contribution >= 0.6 is 0 Å². The molecule has 3 heterocycles. The Morgan fingerprint density at radius 1 is 0.808 bits per heavy atom. The number of rotatable bonds is 3. The quantitative estimate of drug-likeness (QED) is 0.550. The van der Waals surface area contributed by atoms with Crippen LogP contribution < -0.4 is 0 Å². The Labute approximate surface area is 154 Å². The fraction of sp³-hybridized carbons (Fsp3) is 0.190. The zero-order valence-electron chi connectivity index (χ0n) is 15.3. The Kier molecular flexibility index (Phi) is 5.59. The lowest BCUT2D eigenvalue weighted by Crippen LogP contribution is -1.97. The predicted octanol–water partition coefficient (Wildman–Crippen LogP) is 4.48. The van der Waals surface area contributed by atoms with E-state index in [2.05, 4.69) is 29.0 Å². The smallest absolute Gasteiger partial charge is 0.153 e. The van der Waals surface area contributed by atoms with Crippen LogP contribution in [-0.4, -0.2) is 24.5 Å². The number of aromatic nitrogens is 5. The van der Waals surface area contributed by atoms with Crippen molar-refractivity contribution in [3.8, 4) is 17.1 Å². The van der Waals surface area contributed by atoms with Gasteiger partial charge in [0.15, 0.2) is 5.82 Å². The molecule has 5 heteroatoms. The van der Waals surface area contributed by atoms with E-state index in [9.17, 15) is 0 Å². The van der Waals surface area contributed by atoms with E-state index in [1.165, 1.54) is 0 Å². The Balaban J connectivity index is 0.000000185. The largest absolute Gasteiger partial charge is 0.276 e. The van der Waals surface area contributed by atoms with Crippen molar-refractivity contribution in [3.63, 3.8) is 0 Å². The van der Waals surface area contributed by atoms with Gasteiger partial charge in [-0.3, -0.25) is 4.68 Å². The molecular formula is C21H23N5. The molecule has 0 radical (unpaired) electrons. The summed E-state index contributed by atoms with van der Waals surface area (Å²) in [6.45, 7) is 4.28. The first-order valence-electron chi connectivity index (χ1n) is 8.65. The van der Waals surface area contributed by atoms with Crippen LogP contribution in [0.3, 0.4) is 0 Å². The van der Waals surface area contributed by atoms with Crippen LogP contribution in [0.4, 0.5) is 0 Å². The summed E-state index contributed by atoms with van der Waals surface area (Å²) < 4.78 is 3.61. The highest BCUT2D eigenvalue weighted by molar-refractivity contribution is 5.58. The number of pyridine rings is 1. The molecule has 0 fully saturated rings. The van der Waals surface area contributed by atoms with Crippen LogP contribution in [0.2, 0.25) is 0 Å². The zero-order valence-corrected chi connectivity index (χ0v) is 15.3. The van der Waals surface area contributed by atoms with Gasteiger partial charge in [-0.2, -0.15) is 10.2 Å². The number of aryl methyl sites for hydroxylation is 1. The van der Waals surface area contributed by atoms with Crippen molar-refractivity contribution in [2.24, 2.45) is 7.05 Å². The number of hydrogen-bond acceptors (Lipinski definition) is 3. The minimum Gasteiger partial charge on any atom is -0.276 e. The molecule has 0 bridgehead atoms. The molecule has 4 aromatic rings. The van der Waals surface area contributed by atoms with E-state index < -0.39 is 0 Å². The molecule has 0 atom stereocenters. The highest BCUT2D eigenvalue weighted by Crippen LogP contribution is 2.17. The van der Waals surface area contributed by atoms with Gasteiger partial charge in [-0.25, -0.2) is 9.67 Å². The van der Waals surface area contributed by atoms with Crippen LogP contribution in [0.15, 0.2) is 79.3 Å². The third-order valence-electron chi connectivity index (χ3n) is 3.87. The average molecular weight is 345 g/mol. The molecule has 132 valence electrons. The van der Waals surface area contributed by atoms with Crippen LogP contribution in [-0.2, 0) is 7.05 Å². The predicted molar refractivity (Wildman–Crippen MR) is 104 cm³/mol. The molecule has 0 unspecified atom stereocenters. The number of nitrogens with zero attached hydrogens (tertiary/aromatic N) is 5. The van der Waals surface area contributed by atoms with Crippen LogP contribution in [0.5, 0.6) is 0 Å². The summed E-state index contributed by atoms with van der Waals surface area (Å²) in [5, 5.41) is 8.73. The van der Waals surface area contributed by atoms with Gasteiger partial charge in [0, 0.05) is 31.2 Å². The van der Waals surface area contributed by atoms with E-state index >= 15 is 0 Å². The summed E-state index contributed by atoms with van der Waals surface area (Å²) in [5.74, 6) is 1.38. The molecule has 0 aliphatic heterocycles. The molecule has 4 rings (SSSR count). The first-order chi connectivity index (χ1) is 12.6. The molecule has 5 nitrogen and oxygen atoms in total. The Morgan fingerprint density at radius 3 is 2.15 bits per heavy atom. The van der Waals surface area contributed by atoms with Crippen molar-refractivity contribution in [3.05, 3.63) is 84.9 Å². The van der Waals surface area contributed by atoms with Crippen molar-refractivity contribution in [1.29, 1.82) is 0 Å². The van der Waals surface area contributed by atoms with Gasteiger partial charge in [-0.05, 0) is 30.2 Å². The van der Waals surface area contributed by atoms with E-state index in [4.69, 9.17) is 0 Å². The van der Waals surface area contributed by atoms with Crippen molar-refractivity contribution < 1.29 is 0 Å². The fourth-order valence-electron chi connectivity index (χ4n) is 2.44. The average Bonchev–Trinajstić information content (AvgIpc) is 3.33. The van der Waals surface area contributed by atoms with Crippen LogP contribution in [0, 0.1) is 0 Å². The van der Waals surface area contributed by atoms with Gasteiger partial charge < -0.3 is 0 Å². The Hall–Kier alpha value is -3.21. The third kappa shape index (κ3) is 4.45. The molecule has 0 aliphatic carbocycles. The fourth-order valence-corrected chi connectivity index (χ4v) is 2.44. The lowest BCUT2D eigenvalue weighted by Gasteiger charge is -1.98. The summed E-state index contributed by atoms with van der Waals surface area (Å²) in [7, 11) is 1.94. The van der Waals surface area contributed by atoms with E-state index in [0.29, 0.717) is 5.92 Å². The molecule has 1 aromatic carbocycles. The van der Waals surface area contributed by atoms with E-state index in [-0.39, 0.29) is 0 Å². The molecule has 0 spiro atoms. The van der Waals surface area contributed by atoms with Gasteiger partial charge >= 0.3 is 0 Å². The normalized spacial score (nSPS) is 10.5. The van der Waals surface area contributed by atoms with Crippen molar-refractivity contribution in [2.75, 3.05) is 0 Å². The van der Waals surface area contributed by atoms with E-state index in [1.807, 2.05) is 84.8 Å². The van der Waals surface area contributed by atoms with Gasteiger partial charge in [0.25, 0.3) is 0 Å². The standard InChI is InChI=1S/C14H11N3.C7H12N2/c1-2-6-12(7-3-1)13-9-11-17(16-13)14-8-4-5-10-15-14;1-6(2)7-4-5-9(3)8-7/h1-11H;4-6H,1-3H3. The van der Waals surface area contributed by atoms with E-state index in [1.54, 1.807) is 10.9 Å². The molecular weight excluding hydrogens is 322 g/mol. The molecule has 0 aliphatic rings. The molecule has 0 N–H and O–H groups in total. The molecule has 3 aromatic heterocycles. The van der Waals surface area contributed by atoms with Crippen molar-refractivity contribution in [1.82, 2.24) is 24.5 Å². The van der Waals surface area contributed by atoms with Crippen LogP contribution in [0.25, 0.3) is 17.1 Å². The highest BCUT2D eigenvalue weighted by atomic mass is 15.3. The minimum atomic E-state index is 0.547. The summed E-state index contributed by atoms with van der Waals surface area (Å²) in [4.78, 5) is 4.26. The third-order valence-corrected chi connectivity index (χ3v) is 3.87. The first kappa shape index (κ1) is 17.6. The number of benzene rings is 1. The maximum atomic E-state index is 4.50. The minimum absolute atomic E-state index is 0.547. The second-order valence-corrected chi connectivity index (χ2v) is 6.27. The molecule has 0 saturated carbocycles. The number of hydrogen-bond donors (Lipinski definition) is 0. The maximum absolute atomic E-state index is 4.50. The summed E-state index contributed by atoms with van der Waals surface area (Å²) in [6, 6.07) is 19.9. The second kappa shape index (κ2) is 8.25. The Morgan fingerprint density at radius 2 is 1.58 bits per heavy atom. The molecule has 0 amide bonds. The topological polar surface area (TPSA) is 48.5 Å². The van der Waals surface area contributed by atoms with Gasteiger partial charge in [-0.15, -0.1) is 0 Å². The van der Waals surface area contributed by atoms with Crippen LogP contribution in [0.1, 0.15) is 25.5 Å². The second-order valence-electron chi connectivity index (χ2n) is 6.27. The summed E-state index contributed by atoms with van der Waals surface area (Å²) >= 11 is 0. The highest BCUT2D eigenvalue weighted by Gasteiger charge is 2.03. The summed E-state index contributed by atoms with van der Waals surface area (Å²) in [5.41, 5.74) is 3.23. The van der Waals surface area contributed by atoms with Gasteiger partial charge in [0.05, 0.1) is 11.4 Å². The van der Waals surface area contributed by atoms with Gasteiger partial charge in [0.2, 0.25) is 0 Å². The first-order valence-corrected chi connectivity index (χ1v) is 8.65. The molecule has 0 saturated heterocycles. The van der Waals surface area contributed by atoms with Crippen molar-refractivity contribution in [2.45, 2.75) is 19.8 Å². The van der Waals surface area contributed by atoms with E-state index in [0.717, 1.165) is 22.8 Å². The van der Waals surface area contributed by atoms with Gasteiger partial charge in [-0.1, -0.05) is 50.2 Å².